The summed E-state index contributed by atoms with van der Waals surface area (Å²) in [5, 5.41) is 18.2. The number of thiophene rings is 1. The molecule has 0 aliphatic heterocycles. The van der Waals surface area contributed by atoms with E-state index in [9.17, 15) is 9.59 Å². The number of hydrogen-bond donors (Lipinski definition) is 1. The number of benzene rings is 1. The molecule has 0 radical (unpaired) electrons. The Morgan fingerprint density at radius 2 is 2.16 bits per heavy atom. The highest BCUT2D eigenvalue weighted by Gasteiger charge is 2.11. The molecule has 0 aliphatic rings. The molecule has 6 nitrogen and oxygen atoms in total. The number of nitriles is 1. The molecule has 3 aromatic rings. The predicted octanol–water partition coefficient (Wildman–Crippen LogP) is 3.14. The van der Waals surface area contributed by atoms with Crippen molar-refractivity contribution in [3.05, 3.63) is 68.8 Å². The van der Waals surface area contributed by atoms with E-state index in [2.05, 4.69) is 10.4 Å². The van der Waals surface area contributed by atoms with Gasteiger partial charge in [0.15, 0.2) is 0 Å². The minimum Gasteiger partial charge on any atom is -0.323 e. The Morgan fingerprint density at radius 1 is 1.32 bits per heavy atom. The predicted molar refractivity (Wildman–Crippen MR) is 96.6 cm³/mol. The van der Waals surface area contributed by atoms with Crippen molar-refractivity contribution in [1.29, 1.82) is 5.26 Å². The van der Waals surface area contributed by atoms with E-state index in [1.807, 2.05) is 23.6 Å². The van der Waals surface area contributed by atoms with Crippen LogP contribution in [0.15, 0.2) is 52.6 Å². The maximum absolute atomic E-state index is 12.3. The molecule has 2 heterocycles. The third-order valence-corrected chi connectivity index (χ3v) is 4.44. The highest BCUT2D eigenvalue weighted by molar-refractivity contribution is 7.13. The molecule has 1 amide bonds. The summed E-state index contributed by atoms with van der Waals surface area (Å²) in [4.78, 5) is 25.1. The molecule has 0 fully saturated rings. The van der Waals surface area contributed by atoms with Gasteiger partial charge in [0.05, 0.1) is 16.1 Å². The summed E-state index contributed by atoms with van der Waals surface area (Å²) in [5.74, 6) is -0.475. The largest absolute Gasteiger partial charge is 0.323 e. The van der Waals surface area contributed by atoms with Crippen molar-refractivity contribution in [2.45, 2.75) is 6.54 Å². The molecule has 0 spiro atoms. The van der Waals surface area contributed by atoms with E-state index in [4.69, 9.17) is 16.9 Å². The molecule has 3 rings (SSSR count). The number of amides is 1. The number of hydrogen-bond acceptors (Lipinski definition) is 5. The highest BCUT2D eigenvalue weighted by Crippen LogP contribution is 2.22. The van der Waals surface area contributed by atoms with Gasteiger partial charge in [0, 0.05) is 11.1 Å². The van der Waals surface area contributed by atoms with Gasteiger partial charge in [0.1, 0.15) is 18.3 Å². The Hall–Kier alpha value is -2.95. The van der Waals surface area contributed by atoms with Gasteiger partial charge in [-0.15, -0.1) is 11.3 Å². The van der Waals surface area contributed by atoms with E-state index >= 15 is 0 Å². The molecular weight excluding hydrogens is 360 g/mol. The zero-order valence-electron chi connectivity index (χ0n) is 12.8. The fourth-order valence-corrected chi connectivity index (χ4v) is 3.02. The summed E-state index contributed by atoms with van der Waals surface area (Å²) < 4.78 is 1.08. The molecule has 25 heavy (non-hydrogen) atoms. The van der Waals surface area contributed by atoms with Crippen LogP contribution < -0.4 is 10.9 Å². The van der Waals surface area contributed by atoms with Crippen molar-refractivity contribution in [3.63, 3.8) is 0 Å². The number of carbonyl (C=O) groups excluding carboxylic acids is 1. The average Bonchev–Trinajstić information content (AvgIpc) is 3.11. The van der Waals surface area contributed by atoms with E-state index in [1.165, 1.54) is 29.5 Å². The fraction of sp³-hybridized carbons (Fsp3) is 0.0588. The second kappa shape index (κ2) is 7.30. The second-order valence-corrected chi connectivity index (χ2v) is 6.43. The monoisotopic (exact) mass is 370 g/mol. The third kappa shape index (κ3) is 3.94. The first-order valence-corrected chi connectivity index (χ1v) is 8.44. The Bertz CT molecular complexity index is 1020. The van der Waals surface area contributed by atoms with Crippen LogP contribution >= 0.6 is 22.9 Å². The van der Waals surface area contributed by atoms with Gasteiger partial charge in [-0.1, -0.05) is 17.7 Å². The quantitative estimate of drug-likeness (QED) is 0.764. The molecule has 0 aliphatic carbocycles. The Balaban J connectivity index is 1.82. The maximum atomic E-state index is 12.3. The average molecular weight is 371 g/mol. The van der Waals surface area contributed by atoms with Crippen molar-refractivity contribution >= 4 is 34.5 Å². The van der Waals surface area contributed by atoms with Crippen LogP contribution in [0.3, 0.4) is 0 Å². The van der Waals surface area contributed by atoms with Gasteiger partial charge in [0.2, 0.25) is 5.91 Å². The van der Waals surface area contributed by atoms with Crippen LogP contribution in [0.1, 0.15) is 5.56 Å². The summed E-state index contributed by atoms with van der Waals surface area (Å²) >= 11 is 7.38. The van der Waals surface area contributed by atoms with Gasteiger partial charge in [-0.3, -0.25) is 9.59 Å². The Kier molecular flexibility index (Phi) is 4.93. The van der Waals surface area contributed by atoms with Gasteiger partial charge in [0.25, 0.3) is 5.56 Å². The molecule has 0 unspecified atom stereocenters. The molecule has 0 saturated carbocycles. The molecule has 2 aromatic heterocycles. The van der Waals surface area contributed by atoms with Crippen molar-refractivity contribution in [2.75, 3.05) is 5.32 Å². The van der Waals surface area contributed by atoms with Crippen LogP contribution in [0.4, 0.5) is 5.69 Å². The van der Waals surface area contributed by atoms with E-state index in [-0.39, 0.29) is 17.7 Å². The summed E-state index contributed by atoms with van der Waals surface area (Å²) in [6.45, 7) is -0.268. The lowest BCUT2D eigenvalue weighted by atomic mass is 10.2. The zero-order valence-corrected chi connectivity index (χ0v) is 14.3. The van der Waals surface area contributed by atoms with Crippen LogP contribution in [0.5, 0.6) is 0 Å². The molecular formula is C17H11ClN4O2S. The number of anilines is 1. The number of nitrogens with one attached hydrogen (secondary N) is 1. The smallest absolute Gasteiger partial charge is 0.267 e. The van der Waals surface area contributed by atoms with Gasteiger partial charge >= 0.3 is 0 Å². The lowest BCUT2D eigenvalue weighted by Gasteiger charge is -2.09. The zero-order chi connectivity index (χ0) is 17.8. The number of carbonyl (C=O) groups is 1. The van der Waals surface area contributed by atoms with Crippen LogP contribution in [0.2, 0.25) is 5.02 Å². The first-order valence-electron chi connectivity index (χ1n) is 7.18. The first kappa shape index (κ1) is 16.9. The number of nitrogens with zero attached hydrogens (tertiary/aromatic N) is 3. The summed E-state index contributed by atoms with van der Waals surface area (Å²) in [5.41, 5.74) is 0.803. The number of halogens is 1. The van der Waals surface area contributed by atoms with Crippen LogP contribution in [0, 0.1) is 11.3 Å². The van der Waals surface area contributed by atoms with E-state index in [0.717, 1.165) is 9.56 Å². The van der Waals surface area contributed by atoms with Crippen molar-refractivity contribution < 1.29 is 4.79 Å². The Labute approximate surface area is 151 Å². The topological polar surface area (TPSA) is 87.8 Å². The normalized spacial score (nSPS) is 10.2. The molecule has 1 aromatic carbocycles. The summed E-state index contributed by atoms with van der Waals surface area (Å²) in [6, 6.07) is 13.3. The summed E-state index contributed by atoms with van der Waals surface area (Å²) in [6.07, 6.45) is 0. The minimum atomic E-state index is -0.475. The van der Waals surface area contributed by atoms with Crippen LogP contribution in [0.25, 0.3) is 10.6 Å². The fourth-order valence-electron chi connectivity index (χ4n) is 2.16. The van der Waals surface area contributed by atoms with Gasteiger partial charge in [-0.2, -0.15) is 10.4 Å². The molecule has 0 bridgehead atoms. The number of rotatable bonds is 4. The summed E-state index contributed by atoms with van der Waals surface area (Å²) in [7, 11) is 0. The number of aromatic nitrogens is 2. The highest BCUT2D eigenvalue weighted by atomic mass is 35.5. The SMILES string of the molecule is N#Cc1ccc(Cl)cc1NC(=O)Cn1nc(-c2cccs2)ccc1=O. The van der Waals surface area contributed by atoms with Crippen molar-refractivity contribution in [2.24, 2.45) is 0 Å². The molecule has 1 N–H and O–H groups in total. The second-order valence-electron chi connectivity index (χ2n) is 5.04. The van der Waals surface area contributed by atoms with E-state index in [1.54, 1.807) is 12.1 Å². The van der Waals surface area contributed by atoms with Crippen LogP contribution in [-0.2, 0) is 11.3 Å². The van der Waals surface area contributed by atoms with E-state index < -0.39 is 5.91 Å². The third-order valence-electron chi connectivity index (χ3n) is 3.31. The molecule has 0 saturated heterocycles. The lowest BCUT2D eigenvalue weighted by Crippen LogP contribution is -2.29. The van der Waals surface area contributed by atoms with Gasteiger partial charge in [-0.25, -0.2) is 4.68 Å². The van der Waals surface area contributed by atoms with E-state index in [0.29, 0.717) is 16.4 Å². The molecule has 124 valence electrons. The van der Waals surface area contributed by atoms with Crippen molar-refractivity contribution in [3.8, 4) is 16.6 Å². The van der Waals surface area contributed by atoms with Gasteiger partial charge < -0.3 is 5.32 Å². The minimum absolute atomic E-state index is 0.268. The molecule has 0 atom stereocenters. The Morgan fingerprint density at radius 3 is 2.88 bits per heavy atom. The molecule has 8 heteroatoms. The van der Waals surface area contributed by atoms with Crippen molar-refractivity contribution in [1.82, 2.24) is 9.78 Å². The standard InChI is InChI=1S/C17H11ClN4O2S/c18-12-4-3-11(9-19)14(8-12)20-16(23)10-22-17(24)6-5-13(21-22)15-2-1-7-25-15/h1-8H,10H2,(H,20,23). The lowest BCUT2D eigenvalue weighted by molar-refractivity contribution is -0.117. The van der Waals surface area contributed by atoms with Gasteiger partial charge in [-0.05, 0) is 35.7 Å². The maximum Gasteiger partial charge on any atom is 0.267 e. The first-order chi connectivity index (χ1) is 12.1. The van der Waals surface area contributed by atoms with Crippen LogP contribution in [-0.4, -0.2) is 15.7 Å².